The van der Waals surface area contributed by atoms with E-state index in [-0.39, 0.29) is 41.9 Å². The molecule has 4 heteroatoms. The van der Waals surface area contributed by atoms with Gasteiger partial charge in [0.05, 0.1) is 42.5 Å². The molecule has 2 aliphatic heterocycles. The summed E-state index contributed by atoms with van der Waals surface area (Å²) in [6, 6.07) is 0. The second-order valence-corrected chi connectivity index (χ2v) is 6.90. The van der Waals surface area contributed by atoms with Crippen LogP contribution >= 0.6 is 0 Å². The Morgan fingerprint density at radius 3 is 2.53 bits per heavy atom. The lowest BCUT2D eigenvalue weighted by Gasteiger charge is -2.36. The minimum absolute atomic E-state index is 0.0314. The standard InChI is InChI=1S/C13H22O4/c1-12(2,3)9-5-13(6-14)10(17-9)7(15)4-8-11(13)16-8/h7-11,14-15H,4-6H2,1-3H3/t7-,8+,9-,10+,11+,13-/m1/s1. The molecule has 4 nitrogen and oxygen atoms in total. The first-order valence-corrected chi connectivity index (χ1v) is 6.48. The zero-order chi connectivity index (χ0) is 12.4. The van der Waals surface area contributed by atoms with E-state index < -0.39 is 6.10 Å². The Morgan fingerprint density at radius 2 is 1.94 bits per heavy atom. The molecule has 1 aliphatic carbocycles. The van der Waals surface area contributed by atoms with Crippen LogP contribution in [0.15, 0.2) is 0 Å². The molecule has 0 unspecified atom stereocenters. The van der Waals surface area contributed by atoms with Gasteiger partial charge in [-0.1, -0.05) is 20.8 Å². The molecule has 0 amide bonds. The van der Waals surface area contributed by atoms with Crippen LogP contribution in [0.2, 0.25) is 0 Å². The number of rotatable bonds is 1. The third-order valence-electron chi connectivity index (χ3n) is 4.68. The Hall–Kier alpha value is -0.160. The second-order valence-electron chi connectivity index (χ2n) is 6.90. The second kappa shape index (κ2) is 3.44. The highest BCUT2D eigenvalue weighted by molar-refractivity contribution is 5.15. The highest BCUT2D eigenvalue weighted by Crippen LogP contribution is 2.58. The Morgan fingerprint density at radius 1 is 1.24 bits per heavy atom. The van der Waals surface area contributed by atoms with E-state index in [1.54, 1.807) is 0 Å². The van der Waals surface area contributed by atoms with Crippen LogP contribution in [0.3, 0.4) is 0 Å². The maximum atomic E-state index is 10.1. The molecule has 0 aromatic rings. The molecule has 0 radical (unpaired) electrons. The SMILES string of the molecule is CC(C)(C)[C@H]1C[C@@]2(CO)[C@@H](O1)[C@H](O)C[C@@H]1O[C@@H]12. The van der Waals surface area contributed by atoms with E-state index in [1.807, 2.05) is 0 Å². The van der Waals surface area contributed by atoms with E-state index in [9.17, 15) is 10.2 Å². The summed E-state index contributed by atoms with van der Waals surface area (Å²) in [6.45, 7) is 6.45. The van der Waals surface area contributed by atoms with Crippen molar-refractivity contribution in [1.82, 2.24) is 0 Å². The summed E-state index contributed by atoms with van der Waals surface area (Å²) in [5.41, 5.74) is -0.343. The molecule has 3 rings (SSSR count). The predicted octanol–water partition coefficient (Wildman–Crippen LogP) is 0.701. The fourth-order valence-electron chi connectivity index (χ4n) is 3.52. The van der Waals surface area contributed by atoms with Crippen LogP contribution in [0.25, 0.3) is 0 Å². The fraction of sp³-hybridized carbons (Fsp3) is 1.00. The Kier molecular flexibility index (Phi) is 2.41. The molecule has 0 bridgehead atoms. The predicted molar refractivity (Wildman–Crippen MR) is 61.5 cm³/mol. The number of fused-ring (bicyclic) bond motifs is 3. The van der Waals surface area contributed by atoms with Crippen molar-refractivity contribution in [2.24, 2.45) is 10.8 Å². The van der Waals surface area contributed by atoms with E-state index >= 15 is 0 Å². The molecule has 2 saturated heterocycles. The van der Waals surface area contributed by atoms with Gasteiger partial charge in [0.15, 0.2) is 0 Å². The normalized spacial score (nSPS) is 53.1. The Bertz CT molecular complexity index is 324. The van der Waals surface area contributed by atoms with Crippen LogP contribution in [-0.4, -0.2) is 47.3 Å². The Labute approximate surface area is 102 Å². The highest BCUT2D eigenvalue weighted by atomic mass is 16.6. The van der Waals surface area contributed by atoms with Crippen molar-refractivity contribution in [3.8, 4) is 0 Å². The fourth-order valence-corrected chi connectivity index (χ4v) is 3.52. The third kappa shape index (κ3) is 1.58. The van der Waals surface area contributed by atoms with Gasteiger partial charge in [-0.15, -0.1) is 0 Å². The summed E-state index contributed by atoms with van der Waals surface area (Å²) in [5, 5.41) is 19.9. The lowest BCUT2D eigenvalue weighted by atomic mass is 9.68. The monoisotopic (exact) mass is 242 g/mol. The third-order valence-corrected chi connectivity index (χ3v) is 4.68. The minimum atomic E-state index is -0.502. The van der Waals surface area contributed by atoms with Crippen molar-refractivity contribution in [3.05, 3.63) is 0 Å². The maximum Gasteiger partial charge on any atom is 0.0947 e. The Balaban J connectivity index is 1.90. The van der Waals surface area contributed by atoms with Crippen molar-refractivity contribution >= 4 is 0 Å². The van der Waals surface area contributed by atoms with Gasteiger partial charge in [-0.05, 0) is 11.8 Å². The van der Waals surface area contributed by atoms with Gasteiger partial charge in [0.1, 0.15) is 0 Å². The zero-order valence-corrected chi connectivity index (χ0v) is 10.7. The average Bonchev–Trinajstić information content (AvgIpc) is 2.89. The minimum Gasteiger partial charge on any atom is -0.396 e. The van der Waals surface area contributed by atoms with Gasteiger partial charge < -0.3 is 19.7 Å². The van der Waals surface area contributed by atoms with Crippen LogP contribution in [0.1, 0.15) is 33.6 Å². The largest absolute Gasteiger partial charge is 0.396 e. The molecule has 2 N–H and O–H groups in total. The van der Waals surface area contributed by atoms with Gasteiger partial charge in [-0.2, -0.15) is 0 Å². The van der Waals surface area contributed by atoms with Crippen molar-refractivity contribution in [2.75, 3.05) is 6.61 Å². The van der Waals surface area contributed by atoms with Crippen LogP contribution in [0.5, 0.6) is 0 Å². The highest BCUT2D eigenvalue weighted by Gasteiger charge is 2.68. The molecular weight excluding hydrogens is 220 g/mol. The van der Waals surface area contributed by atoms with Gasteiger partial charge in [-0.3, -0.25) is 0 Å². The van der Waals surface area contributed by atoms with Crippen LogP contribution in [-0.2, 0) is 9.47 Å². The topological polar surface area (TPSA) is 62.2 Å². The maximum absolute atomic E-state index is 10.1. The molecule has 1 saturated carbocycles. The van der Waals surface area contributed by atoms with Crippen molar-refractivity contribution < 1.29 is 19.7 Å². The molecule has 3 aliphatic rings. The van der Waals surface area contributed by atoms with E-state index in [2.05, 4.69) is 20.8 Å². The molecule has 6 atom stereocenters. The number of aliphatic hydroxyl groups excluding tert-OH is 2. The van der Waals surface area contributed by atoms with Crippen molar-refractivity contribution in [1.29, 1.82) is 0 Å². The average molecular weight is 242 g/mol. The summed E-state index contributed by atoms with van der Waals surface area (Å²) in [7, 11) is 0. The molecule has 17 heavy (non-hydrogen) atoms. The van der Waals surface area contributed by atoms with Crippen molar-refractivity contribution in [3.63, 3.8) is 0 Å². The van der Waals surface area contributed by atoms with E-state index in [4.69, 9.17) is 9.47 Å². The van der Waals surface area contributed by atoms with Crippen LogP contribution in [0.4, 0.5) is 0 Å². The van der Waals surface area contributed by atoms with Gasteiger partial charge in [0.25, 0.3) is 0 Å². The summed E-state index contributed by atoms with van der Waals surface area (Å²) in [4.78, 5) is 0. The first kappa shape index (κ1) is 11.9. The molecule has 0 aromatic carbocycles. The van der Waals surface area contributed by atoms with Crippen molar-refractivity contribution in [2.45, 2.75) is 64.1 Å². The van der Waals surface area contributed by atoms with E-state index in [0.717, 1.165) is 6.42 Å². The lowest BCUT2D eigenvalue weighted by molar-refractivity contribution is -0.110. The smallest absolute Gasteiger partial charge is 0.0947 e. The van der Waals surface area contributed by atoms with Crippen LogP contribution in [0, 0.1) is 10.8 Å². The van der Waals surface area contributed by atoms with E-state index in [1.165, 1.54) is 0 Å². The first-order chi connectivity index (χ1) is 7.88. The van der Waals surface area contributed by atoms with Gasteiger partial charge >= 0.3 is 0 Å². The molecule has 3 fully saturated rings. The molecule has 98 valence electrons. The molecule has 0 spiro atoms. The van der Waals surface area contributed by atoms with Gasteiger partial charge in [-0.25, -0.2) is 0 Å². The zero-order valence-electron chi connectivity index (χ0n) is 10.7. The number of hydrogen-bond donors (Lipinski definition) is 2. The van der Waals surface area contributed by atoms with Gasteiger partial charge in [0, 0.05) is 6.42 Å². The molecular formula is C13H22O4. The summed E-state index contributed by atoms with van der Waals surface area (Å²) < 4.78 is 11.7. The summed E-state index contributed by atoms with van der Waals surface area (Å²) in [6.07, 6.45) is 0.976. The van der Waals surface area contributed by atoms with Gasteiger partial charge in [0.2, 0.25) is 0 Å². The summed E-state index contributed by atoms with van der Waals surface area (Å²) in [5.74, 6) is 0. The quantitative estimate of drug-likeness (QED) is 0.664. The number of epoxide rings is 1. The molecule has 0 aromatic heterocycles. The summed E-state index contributed by atoms with van der Waals surface area (Å²) >= 11 is 0. The molecule has 2 heterocycles. The van der Waals surface area contributed by atoms with E-state index in [0.29, 0.717) is 6.42 Å². The number of aliphatic hydroxyl groups is 2. The first-order valence-electron chi connectivity index (χ1n) is 6.48. The number of hydrogen-bond acceptors (Lipinski definition) is 4. The lowest BCUT2D eigenvalue weighted by Crippen LogP contribution is -2.50. The number of ether oxygens (including phenoxy) is 2. The van der Waals surface area contributed by atoms with Crippen LogP contribution < -0.4 is 0 Å².